The summed E-state index contributed by atoms with van der Waals surface area (Å²) in [7, 11) is 3.73. The summed E-state index contributed by atoms with van der Waals surface area (Å²) >= 11 is 0. The Bertz CT molecular complexity index is 405. The number of anilines is 1. The fourth-order valence-electron chi connectivity index (χ4n) is 2.66. The number of aryl methyl sites for hydroxylation is 1. The number of nitrogens with zero attached hydrogens (tertiary/aromatic N) is 2. The number of nitrogens with two attached hydrogens (primary N) is 1. The van der Waals surface area contributed by atoms with Crippen LogP contribution in [0.2, 0.25) is 0 Å². The molecule has 0 radical (unpaired) electrons. The van der Waals surface area contributed by atoms with Gasteiger partial charge in [0, 0.05) is 26.8 Å². The Hall–Kier alpha value is -1.45. The Morgan fingerprint density at radius 2 is 2.18 bits per heavy atom. The maximum Gasteiger partial charge on any atom is 0.270 e. The van der Waals surface area contributed by atoms with E-state index in [9.17, 15) is 4.79 Å². The van der Waals surface area contributed by atoms with E-state index >= 15 is 0 Å². The zero-order chi connectivity index (χ0) is 12.4. The quantitative estimate of drug-likeness (QED) is 0.869. The lowest BCUT2D eigenvalue weighted by Crippen LogP contribution is -2.32. The van der Waals surface area contributed by atoms with Crippen molar-refractivity contribution < 1.29 is 4.79 Å². The summed E-state index contributed by atoms with van der Waals surface area (Å²) < 4.78 is 1.79. The van der Waals surface area contributed by atoms with Crippen LogP contribution in [0.3, 0.4) is 0 Å². The number of carbonyl (C=O) groups is 1. The van der Waals surface area contributed by atoms with Crippen molar-refractivity contribution in [3.63, 3.8) is 0 Å². The van der Waals surface area contributed by atoms with Gasteiger partial charge < -0.3 is 15.2 Å². The van der Waals surface area contributed by atoms with Crippen molar-refractivity contribution >= 4 is 11.6 Å². The molecule has 0 saturated heterocycles. The molecule has 0 unspecified atom stereocenters. The average Bonchev–Trinajstić information content (AvgIpc) is 2.87. The summed E-state index contributed by atoms with van der Waals surface area (Å²) in [5, 5.41) is 0. The highest BCUT2D eigenvalue weighted by atomic mass is 16.2. The monoisotopic (exact) mass is 235 g/mol. The lowest BCUT2D eigenvalue weighted by atomic mass is 10.1. The van der Waals surface area contributed by atoms with Crippen LogP contribution >= 0.6 is 0 Å². The predicted molar refractivity (Wildman–Crippen MR) is 68.7 cm³/mol. The summed E-state index contributed by atoms with van der Waals surface area (Å²) in [5.41, 5.74) is 7.00. The highest BCUT2D eigenvalue weighted by Gasteiger charge is 2.21. The first-order valence-electron chi connectivity index (χ1n) is 6.25. The second-order valence-corrected chi connectivity index (χ2v) is 5.11. The van der Waals surface area contributed by atoms with Crippen LogP contribution in [-0.2, 0) is 7.05 Å². The Kier molecular flexibility index (Phi) is 3.41. The van der Waals surface area contributed by atoms with Gasteiger partial charge in [0.1, 0.15) is 5.69 Å². The lowest BCUT2D eigenvalue weighted by Gasteiger charge is -2.21. The van der Waals surface area contributed by atoms with Crippen LogP contribution in [0.1, 0.15) is 36.2 Å². The van der Waals surface area contributed by atoms with Gasteiger partial charge in [-0.15, -0.1) is 0 Å². The molecule has 0 aromatic carbocycles. The number of aromatic nitrogens is 1. The van der Waals surface area contributed by atoms with E-state index in [4.69, 9.17) is 5.73 Å². The van der Waals surface area contributed by atoms with Crippen LogP contribution in [0, 0.1) is 5.92 Å². The molecule has 1 aliphatic carbocycles. The zero-order valence-electron chi connectivity index (χ0n) is 10.6. The number of amides is 1. The second kappa shape index (κ2) is 4.82. The smallest absolute Gasteiger partial charge is 0.270 e. The summed E-state index contributed by atoms with van der Waals surface area (Å²) in [4.78, 5) is 14.0. The van der Waals surface area contributed by atoms with Crippen LogP contribution in [-0.4, -0.2) is 29.0 Å². The van der Waals surface area contributed by atoms with E-state index < -0.39 is 0 Å². The largest absolute Gasteiger partial charge is 0.397 e. The molecule has 4 heteroatoms. The normalized spacial score (nSPS) is 16.4. The molecule has 0 atom stereocenters. The Labute approximate surface area is 102 Å². The van der Waals surface area contributed by atoms with Crippen molar-refractivity contribution in [2.75, 3.05) is 19.3 Å². The SMILES string of the molecule is CN(CC1CCCC1)C(=O)c1cc(N)cn1C. The topological polar surface area (TPSA) is 51.3 Å². The third-order valence-electron chi connectivity index (χ3n) is 3.60. The van der Waals surface area contributed by atoms with E-state index in [1.807, 2.05) is 19.0 Å². The summed E-state index contributed by atoms with van der Waals surface area (Å²) in [6.45, 7) is 0.865. The van der Waals surface area contributed by atoms with Gasteiger partial charge in [-0.05, 0) is 24.8 Å². The number of hydrogen-bond acceptors (Lipinski definition) is 2. The van der Waals surface area contributed by atoms with E-state index in [0.717, 1.165) is 6.54 Å². The molecular weight excluding hydrogens is 214 g/mol. The van der Waals surface area contributed by atoms with Crippen molar-refractivity contribution in [3.05, 3.63) is 18.0 Å². The van der Waals surface area contributed by atoms with Crippen LogP contribution < -0.4 is 5.73 Å². The van der Waals surface area contributed by atoms with Crippen molar-refractivity contribution in [1.82, 2.24) is 9.47 Å². The molecule has 1 fully saturated rings. The molecule has 1 amide bonds. The maximum atomic E-state index is 12.2. The fourth-order valence-corrected chi connectivity index (χ4v) is 2.66. The highest BCUT2D eigenvalue weighted by Crippen LogP contribution is 2.25. The van der Waals surface area contributed by atoms with E-state index in [1.165, 1.54) is 25.7 Å². The van der Waals surface area contributed by atoms with E-state index in [0.29, 0.717) is 17.3 Å². The van der Waals surface area contributed by atoms with Gasteiger partial charge in [0.2, 0.25) is 0 Å². The van der Waals surface area contributed by atoms with Crippen molar-refractivity contribution in [1.29, 1.82) is 0 Å². The van der Waals surface area contributed by atoms with E-state index in [1.54, 1.807) is 16.8 Å². The molecule has 94 valence electrons. The van der Waals surface area contributed by atoms with Crippen molar-refractivity contribution in [2.45, 2.75) is 25.7 Å². The van der Waals surface area contributed by atoms with Gasteiger partial charge in [0.05, 0.1) is 5.69 Å². The first kappa shape index (κ1) is 12.0. The Morgan fingerprint density at radius 1 is 1.53 bits per heavy atom. The molecule has 2 N–H and O–H groups in total. The number of rotatable bonds is 3. The molecule has 17 heavy (non-hydrogen) atoms. The van der Waals surface area contributed by atoms with Gasteiger partial charge in [0.25, 0.3) is 5.91 Å². The Balaban J connectivity index is 2.01. The molecular formula is C13H21N3O. The molecule has 0 bridgehead atoms. The number of carbonyl (C=O) groups excluding carboxylic acids is 1. The van der Waals surface area contributed by atoms with Crippen LogP contribution in [0.4, 0.5) is 5.69 Å². The molecule has 1 aliphatic rings. The van der Waals surface area contributed by atoms with Gasteiger partial charge in [0.15, 0.2) is 0 Å². The van der Waals surface area contributed by atoms with Crippen molar-refractivity contribution in [2.24, 2.45) is 13.0 Å². The summed E-state index contributed by atoms with van der Waals surface area (Å²) in [5.74, 6) is 0.748. The molecule has 1 aromatic rings. The molecule has 1 saturated carbocycles. The lowest BCUT2D eigenvalue weighted by molar-refractivity contribution is 0.0764. The van der Waals surface area contributed by atoms with E-state index in [-0.39, 0.29) is 5.91 Å². The van der Waals surface area contributed by atoms with Crippen LogP contribution in [0.5, 0.6) is 0 Å². The first-order chi connectivity index (χ1) is 8.08. The molecule has 1 heterocycles. The van der Waals surface area contributed by atoms with Gasteiger partial charge in [-0.1, -0.05) is 12.8 Å². The molecule has 0 aliphatic heterocycles. The van der Waals surface area contributed by atoms with E-state index in [2.05, 4.69) is 0 Å². The minimum absolute atomic E-state index is 0.0658. The third-order valence-corrected chi connectivity index (χ3v) is 3.60. The fraction of sp³-hybridized carbons (Fsp3) is 0.615. The van der Waals surface area contributed by atoms with Crippen LogP contribution in [0.15, 0.2) is 12.3 Å². The Morgan fingerprint density at radius 3 is 2.71 bits per heavy atom. The molecule has 1 aromatic heterocycles. The summed E-state index contributed by atoms with van der Waals surface area (Å²) in [6, 6.07) is 1.74. The summed E-state index contributed by atoms with van der Waals surface area (Å²) in [6.07, 6.45) is 6.91. The number of nitrogen functional groups attached to an aromatic ring is 1. The molecule has 4 nitrogen and oxygen atoms in total. The van der Waals surface area contributed by atoms with Gasteiger partial charge >= 0.3 is 0 Å². The minimum atomic E-state index is 0.0658. The number of hydrogen-bond donors (Lipinski definition) is 1. The second-order valence-electron chi connectivity index (χ2n) is 5.11. The first-order valence-corrected chi connectivity index (χ1v) is 6.25. The zero-order valence-corrected chi connectivity index (χ0v) is 10.6. The van der Waals surface area contributed by atoms with Gasteiger partial charge in [-0.2, -0.15) is 0 Å². The maximum absolute atomic E-state index is 12.2. The third kappa shape index (κ3) is 2.62. The average molecular weight is 235 g/mol. The molecule has 2 rings (SSSR count). The standard InChI is InChI=1S/C13H21N3O/c1-15-9-11(14)7-12(15)13(17)16(2)8-10-5-3-4-6-10/h7,9-10H,3-6,8,14H2,1-2H3. The minimum Gasteiger partial charge on any atom is -0.397 e. The highest BCUT2D eigenvalue weighted by molar-refractivity contribution is 5.93. The van der Waals surface area contributed by atoms with Gasteiger partial charge in [-0.25, -0.2) is 0 Å². The predicted octanol–water partition coefficient (Wildman–Crippen LogP) is 1.87. The van der Waals surface area contributed by atoms with Gasteiger partial charge in [-0.3, -0.25) is 4.79 Å². The van der Waals surface area contributed by atoms with Crippen LogP contribution in [0.25, 0.3) is 0 Å². The molecule has 0 spiro atoms. The van der Waals surface area contributed by atoms with Crippen molar-refractivity contribution in [3.8, 4) is 0 Å².